The van der Waals surface area contributed by atoms with E-state index in [0.29, 0.717) is 16.8 Å². The van der Waals surface area contributed by atoms with Crippen LogP contribution in [-0.4, -0.2) is 30.8 Å². The number of rotatable bonds is 4. The Morgan fingerprint density at radius 2 is 1.47 bits per heavy atom. The van der Waals surface area contributed by atoms with E-state index in [1.165, 1.54) is 19.2 Å². The topological polar surface area (TPSA) is 92.8 Å². The molecule has 0 saturated heterocycles. The molecule has 0 radical (unpaired) electrons. The summed E-state index contributed by atoms with van der Waals surface area (Å²) in [5.41, 5.74) is 1.66. The van der Waals surface area contributed by atoms with Crippen LogP contribution in [0.4, 0.5) is 11.4 Å². The number of nitrogens with one attached hydrogen (secondary N) is 1. The Kier molecular flexibility index (Phi) is 4.85. The third-order valence-electron chi connectivity index (χ3n) is 4.74. The van der Waals surface area contributed by atoms with E-state index < -0.39 is 23.7 Å². The van der Waals surface area contributed by atoms with Crippen LogP contribution < -0.4 is 10.2 Å². The largest absolute Gasteiger partial charge is 0.465 e. The van der Waals surface area contributed by atoms with Crippen molar-refractivity contribution in [3.63, 3.8) is 0 Å². The molecule has 7 nitrogen and oxygen atoms in total. The summed E-state index contributed by atoms with van der Waals surface area (Å²) in [5.74, 6) is -1.95. The fraction of sp³-hybridized carbons (Fsp3) is 0.0435. The summed E-state index contributed by atoms with van der Waals surface area (Å²) in [6, 6.07) is 19.2. The molecule has 0 spiro atoms. The van der Waals surface area contributed by atoms with Crippen molar-refractivity contribution in [3.05, 3.63) is 95.1 Å². The van der Waals surface area contributed by atoms with Crippen LogP contribution in [0.2, 0.25) is 0 Å². The third kappa shape index (κ3) is 3.22. The number of benzene rings is 3. The number of esters is 1. The van der Waals surface area contributed by atoms with Crippen molar-refractivity contribution in [1.29, 1.82) is 0 Å². The number of imide groups is 1. The van der Waals surface area contributed by atoms with Gasteiger partial charge in [-0.2, -0.15) is 0 Å². The molecular weight excluding hydrogens is 384 g/mol. The first kappa shape index (κ1) is 19.1. The van der Waals surface area contributed by atoms with Gasteiger partial charge in [0.2, 0.25) is 0 Å². The second kappa shape index (κ2) is 7.63. The number of fused-ring (bicyclic) bond motifs is 1. The first-order valence-electron chi connectivity index (χ1n) is 9.08. The van der Waals surface area contributed by atoms with Crippen molar-refractivity contribution in [2.45, 2.75) is 0 Å². The minimum atomic E-state index is -0.578. The van der Waals surface area contributed by atoms with Gasteiger partial charge in [-0.15, -0.1) is 0 Å². The van der Waals surface area contributed by atoms with E-state index in [4.69, 9.17) is 4.74 Å². The molecule has 0 unspecified atom stereocenters. The molecule has 1 heterocycles. The molecule has 7 heteroatoms. The Hall–Kier alpha value is -4.26. The number of ether oxygens (including phenoxy) is 1. The average molecular weight is 400 g/mol. The predicted molar refractivity (Wildman–Crippen MR) is 110 cm³/mol. The van der Waals surface area contributed by atoms with E-state index in [2.05, 4.69) is 5.32 Å². The Labute approximate surface area is 171 Å². The smallest absolute Gasteiger partial charge is 0.339 e. The van der Waals surface area contributed by atoms with Crippen LogP contribution in [0.5, 0.6) is 0 Å². The second-order valence-corrected chi connectivity index (χ2v) is 6.53. The zero-order chi connectivity index (χ0) is 21.3. The van der Waals surface area contributed by atoms with Crippen molar-refractivity contribution in [1.82, 2.24) is 0 Å². The predicted octanol–water partition coefficient (Wildman–Crippen LogP) is 3.53. The monoisotopic (exact) mass is 400 g/mol. The Morgan fingerprint density at radius 3 is 2.13 bits per heavy atom. The molecular formula is C23H16N2O5. The number of para-hydroxylation sites is 1. The fourth-order valence-electron chi connectivity index (χ4n) is 3.28. The number of carbonyl (C=O) groups is 4. The maximum atomic E-state index is 12.8. The van der Waals surface area contributed by atoms with Gasteiger partial charge in [-0.05, 0) is 42.5 Å². The summed E-state index contributed by atoms with van der Waals surface area (Å²) in [5, 5.41) is 2.67. The lowest BCUT2D eigenvalue weighted by atomic mass is 10.1. The molecule has 3 aromatic rings. The highest BCUT2D eigenvalue weighted by molar-refractivity contribution is 6.34. The minimum Gasteiger partial charge on any atom is -0.465 e. The van der Waals surface area contributed by atoms with Crippen molar-refractivity contribution in [3.8, 4) is 0 Å². The SMILES string of the molecule is COC(=O)c1ccccc1NC(=O)c1cccc(N2C(=O)c3ccccc3C2=O)c1. The Bertz CT molecular complexity index is 1170. The number of hydrogen-bond donors (Lipinski definition) is 1. The van der Waals surface area contributed by atoms with E-state index in [-0.39, 0.29) is 16.8 Å². The summed E-state index contributed by atoms with van der Waals surface area (Å²) >= 11 is 0. The standard InChI is InChI=1S/C23H16N2O5/c1-30-23(29)18-11-4-5-12-19(18)24-20(26)14-7-6-8-15(13-14)25-21(27)16-9-2-3-10-17(16)22(25)28/h2-13H,1H3,(H,24,26). The molecule has 30 heavy (non-hydrogen) atoms. The molecule has 0 bridgehead atoms. The van der Waals surface area contributed by atoms with E-state index in [9.17, 15) is 19.2 Å². The van der Waals surface area contributed by atoms with Crippen LogP contribution in [0.3, 0.4) is 0 Å². The van der Waals surface area contributed by atoms with Crippen LogP contribution >= 0.6 is 0 Å². The summed E-state index contributed by atoms with van der Waals surface area (Å²) in [7, 11) is 1.26. The quantitative estimate of drug-likeness (QED) is 0.534. The van der Waals surface area contributed by atoms with Gasteiger partial charge in [0, 0.05) is 5.56 Å². The van der Waals surface area contributed by atoms with Crippen molar-refractivity contribution < 1.29 is 23.9 Å². The van der Waals surface area contributed by atoms with Gasteiger partial charge >= 0.3 is 5.97 Å². The maximum Gasteiger partial charge on any atom is 0.339 e. The normalized spacial score (nSPS) is 12.5. The maximum absolute atomic E-state index is 12.8. The molecule has 0 atom stereocenters. The van der Waals surface area contributed by atoms with Crippen LogP contribution in [-0.2, 0) is 4.74 Å². The fourth-order valence-corrected chi connectivity index (χ4v) is 3.28. The van der Waals surface area contributed by atoms with Crippen molar-refractivity contribution >= 4 is 35.1 Å². The molecule has 1 aliphatic heterocycles. The zero-order valence-corrected chi connectivity index (χ0v) is 15.9. The molecule has 3 aromatic carbocycles. The molecule has 3 amide bonds. The molecule has 1 aliphatic rings. The molecule has 0 aromatic heterocycles. The first-order valence-corrected chi connectivity index (χ1v) is 9.08. The third-order valence-corrected chi connectivity index (χ3v) is 4.74. The van der Waals surface area contributed by atoms with Crippen molar-refractivity contribution in [2.24, 2.45) is 0 Å². The molecule has 0 aliphatic carbocycles. The molecule has 148 valence electrons. The number of amides is 3. The average Bonchev–Trinajstić information content (AvgIpc) is 3.04. The zero-order valence-electron chi connectivity index (χ0n) is 15.9. The van der Waals surface area contributed by atoms with Crippen LogP contribution in [0.25, 0.3) is 0 Å². The molecule has 0 fully saturated rings. The lowest BCUT2D eigenvalue weighted by Gasteiger charge is -2.15. The highest BCUT2D eigenvalue weighted by atomic mass is 16.5. The molecule has 1 N–H and O–H groups in total. The van der Waals surface area contributed by atoms with E-state index in [1.54, 1.807) is 60.7 Å². The van der Waals surface area contributed by atoms with E-state index in [1.807, 2.05) is 0 Å². The number of methoxy groups -OCH3 is 1. The van der Waals surface area contributed by atoms with Gasteiger partial charge < -0.3 is 10.1 Å². The van der Waals surface area contributed by atoms with Crippen LogP contribution in [0, 0.1) is 0 Å². The first-order chi connectivity index (χ1) is 14.5. The van der Waals surface area contributed by atoms with Gasteiger partial charge in [0.1, 0.15) is 0 Å². The Balaban J connectivity index is 1.62. The molecule has 0 saturated carbocycles. The number of hydrogen-bond acceptors (Lipinski definition) is 5. The summed E-state index contributed by atoms with van der Waals surface area (Å²) in [4.78, 5) is 51.1. The van der Waals surface area contributed by atoms with Gasteiger partial charge in [-0.25, -0.2) is 9.69 Å². The summed E-state index contributed by atoms with van der Waals surface area (Å²) < 4.78 is 4.73. The second-order valence-electron chi connectivity index (χ2n) is 6.53. The van der Waals surface area contributed by atoms with Crippen LogP contribution in [0.15, 0.2) is 72.8 Å². The summed E-state index contributed by atoms with van der Waals surface area (Å²) in [6.45, 7) is 0. The highest BCUT2D eigenvalue weighted by Gasteiger charge is 2.36. The number of carbonyl (C=O) groups excluding carboxylic acids is 4. The van der Waals surface area contributed by atoms with Crippen LogP contribution in [0.1, 0.15) is 41.4 Å². The van der Waals surface area contributed by atoms with E-state index in [0.717, 1.165) is 4.90 Å². The summed E-state index contributed by atoms with van der Waals surface area (Å²) in [6.07, 6.45) is 0. The van der Waals surface area contributed by atoms with Gasteiger partial charge in [-0.1, -0.05) is 30.3 Å². The molecule has 4 rings (SSSR count). The van der Waals surface area contributed by atoms with E-state index >= 15 is 0 Å². The lowest BCUT2D eigenvalue weighted by molar-refractivity contribution is 0.0601. The highest BCUT2D eigenvalue weighted by Crippen LogP contribution is 2.29. The Morgan fingerprint density at radius 1 is 0.833 bits per heavy atom. The van der Waals surface area contributed by atoms with Gasteiger partial charge in [-0.3, -0.25) is 14.4 Å². The minimum absolute atomic E-state index is 0.213. The number of nitrogens with zero attached hydrogens (tertiary/aromatic N) is 1. The van der Waals surface area contributed by atoms with Gasteiger partial charge in [0.25, 0.3) is 17.7 Å². The van der Waals surface area contributed by atoms with Gasteiger partial charge in [0.05, 0.1) is 35.2 Å². The van der Waals surface area contributed by atoms with Crippen molar-refractivity contribution in [2.75, 3.05) is 17.3 Å². The lowest BCUT2D eigenvalue weighted by Crippen LogP contribution is -2.29. The van der Waals surface area contributed by atoms with Gasteiger partial charge in [0.15, 0.2) is 0 Å². The number of anilines is 2.